The number of carbonyl (C=O) groups is 1. The summed E-state index contributed by atoms with van der Waals surface area (Å²) in [5.74, 6) is 1.72. The summed E-state index contributed by atoms with van der Waals surface area (Å²) in [4.78, 5) is 30.4. The number of rotatable bonds is 6. The molecule has 9 heteroatoms. The van der Waals surface area contributed by atoms with Crippen LogP contribution in [0.15, 0.2) is 34.4 Å². The number of fused-ring (bicyclic) bond motifs is 3. The predicted molar refractivity (Wildman–Crippen MR) is 140 cm³/mol. The molecule has 0 radical (unpaired) electrons. The molecule has 1 aliphatic heterocycles. The lowest BCUT2D eigenvalue weighted by molar-refractivity contribution is -0.131. The van der Waals surface area contributed by atoms with Crippen LogP contribution in [-0.4, -0.2) is 56.2 Å². The van der Waals surface area contributed by atoms with Crippen LogP contribution < -0.4 is 10.5 Å². The molecule has 1 amide bonds. The number of nitrogens with zero attached hydrogens (tertiary/aromatic N) is 6. The number of hydrogen-bond acceptors (Lipinski definition) is 6. The maximum absolute atomic E-state index is 13.1. The minimum absolute atomic E-state index is 0.0205. The first kappa shape index (κ1) is 23.5. The fourth-order valence-corrected chi connectivity index (χ4v) is 5.83. The third kappa shape index (κ3) is 4.45. The van der Waals surface area contributed by atoms with Crippen molar-refractivity contribution in [3.05, 3.63) is 57.0 Å². The van der Waals surface area contributed by atoms with Gasteiger partial charge in [-0.05, 0) is 42.8 Å². The number of carbonyl (C=O) groups excluding carboxylic acids is 1. The van der Waals surface area contributed by atoms with Gasteiger partial charge in [-0.15, -0.1) is 21.5 Å². The van der Waals surface area contributed by atoms with E-state index in [1.165, 1.54) is 28.2 Å². The molecule has 0 N–H and O–H groups in total. The van der Waals surface area contributed by atoms with Crippen molar-refractivity contribution in [1.82, 2.24) is 24.1 Å². The van der Waals surface area contributed by atoms with E-state index < -0.39 is 0 Å². The molecule has 1 fully saturated rings. The van der Waals surface area contributed by atoms with Crippen molar-refractivity contribution in [2.75, 3.05) is 31.1 Å². The Hall–Kier alpha value is -3.20. The van der Waals surface area contributed by atoms with Gasteiger partial charge in [-0.3, -0.25) is 18.6 Å². The molecule has 0 unspecified atom stereocenters. The number of aromatic nitrogens is 4. The number of aryl methyl sites for hydroxylation is 3. The van der Waals surface area contributed by atoms with Crippen molar-refractivity contribution in [2.45, 2.75) is 47.1 Å². The van der Waals surface area contributed by atoms with Crippen LogP contribution in [0.5, 0.6) is 0 Å². The van der Waals surface area contributed by atoms with Gasteiger partial charge in [0.1, 0.15) is 10.5 Å². The molecule has 4 aromatic rings. The normalized spacial score (nSPS) is 14.5. The zero-order valence-electron chi connectivity index (χ0n) is 20.8. The molecule has 0 atom stereocenters. The van der Waals surface area contributed by atoms with Crippen molar-refractivity contribution in [2.24, 2.45) is 5.92 Å². The number of thiophene rings is 1. The largest absolute Gasteiger partial charge is 0.368 e. The maximum atomic E-state index is 13.1. The van der Waals surface area contributed by atoms with Gasteiger partial charge in [-0.2, -0.15) is 0 Å². The van der Waals surface area contributed by atoms with Gasteiger partial charge in [0.2, 0.25) is 11.7 Å². The molecular weight excluding hydrogens is 460 g/mol. The Kier molecular flexibility index (Phi) is 6.35. The highest BCUT2D eigenvalue weighted by molar-refractivity contribution is 7.17. The Morgan fingerprint density at radius 3 is 2.57 bits per heavy atom. The van der Waals surface area contributed by atoms with Gasteiger partial charge in [-0.1, -0.05) is 31.5 Å². The second-order valence-corrected chi connectivity index (χ2v) is 10.8. The first-order valence-corrected chi connectivity index (χ1v) is 13.2. The van der Waals surface area contributed by atoms with Gasteiger partial charge in [0.25, 0.3) is 5.56 Å². The number of benzene rings is 1. The number of hydrogen-bond donors (Lipinski definition) is 0. The second kappa shape index (κ2) is 9.45. The Morgan fingerprint density at radius 1 is 1.09 bits per heavy atom. The predicted octanol–water partition coefficient (Wildman–Crippen LogP) is 3.66. The van der Waals surface area contributed by atoms with Gasteiger partial charge in [-0.25, -0.2) is 0 Å². The average Bonchev–Trinajstić information content (AvgIpc) is 3.47. The molecule has 1 saturated heterocycles. The summed E-state index contributed by atoms with van der Waals surface area (Å²) in [6.07, 6.45) is 0.863. The lowest BCUT2D eigenvalue weighted by atomic mass is 10.1. The molecule has 184 valence electrons. The monoisotopic (exact) mass is 492 g/mol. The summed E-state index contributed by atoms with van der Waals surface area (Å²) < 4.78 is 4.38. The summed E-state index contributed by atoms with van der Waals surface area (Å²) in [5, 5.41) is 10.7. The molecule has 0 bridgehead atoms. The second-order valence-electron chi connectivity index (χ2n) is 9.85. The third-order valence-electron chi connectivity index (χ3n) is 6.71. The van der Waals surface area contributed by atoms with E-state index in [2.05, 4.69) is 61.0 Å². The highest BCUT2D eigenvalue weighted by Gasteiger charge is 2.23. The minimum Gasteiger partial charge on any atom is -0.368 e. The van der Waals surface area contributed by atoms with Crippen LogP contribution >= 0.6 is 11.3 Å². The summed E-state index contributed by atoms with van der Waals surface area (Å²) in [7, 11) is 0. The Bertz CT molecular complexity index is 1440. The van der Waals surface area contributed by atoms with Crippen LogP contribution in [0.1, 0.15) is 37.2 Å². The highest BCUT2D eigenvalue weighted by Crippen LogP contribution is 2.23. The molecule has 0 aliphatic carbocycles. The lowest BCUT2D eigenvalue weighted by Gasteiger charge is -2.37. The molecule has 4 heterocycles. The SMILES string of the molecule is Cc1ccc(N2CCN(C(=O)CCc3nnc4n(CC(C)C)c(=O)c5sccc5n34)CC2)c(C)c1. The van der Waals surface area contributed by atoms with Crippen LogP contribution in [0.2, 0.25) is 0 Å². The third-order valence-corrected chi connectivity index (χ3v) is 7.61. The van der Waals surface area contributed by atoms with Crippen molar-refractivity contribution >= 4 is 38.9 Å². The van der Waals surface area contributed by atoms with E-state index >= 15 is 0 Å². The Labute approximate surface area is 208 Å². The molecule has 8 nitrogen and oxygen atoms in total. The first-order chi connectivity index (χ1) is 16.8. The summed E-state index contributed by atoms with van der Waals surface area (Å²) in [5.41, 5.74) is 4.60. The Balaban J connectivity index is 1.30. The molecule has 1 aliphatic rings. The molecule has 0 saturated carbocycles. The number of anilines is 1. The van der Waals surface area contributed by atoms with Crippen LogP contribution in [-0.2, 0) is 17.8 Å². The minimum atomic E-state index is -0.0205. The van der Waals surface area contributed by atoms with Crippen molar-refractivity contribution in [1.29, 1.82) is 0 Å². The van der Waals surface area contributed by atoms with Crippen LogP contribution in [0.25, 0.3) is 16.0 Å². The van der Waals surface area contributed by atoms with E-state index in [0.29, 0.717) is 35.8 Å². The van der Waals surface area contributed by atoms with Crippen molar-refractivity contribution in [3.8, 4) is 0 Å². The zero-order valence-corrected chi connectivity index (χ0v) is 21.6. The summed E-state index contributed by atoms with van der Waals surface area (Å²) in [6, 6.07) is 8.48. The van der Waals surface area contributed by atoms with Crippen molar-refractivity contribution < 1.29 is 4.79 Å². The number of piperazine rings is 1. The van der Waals surface area contributed by atoms with E-state index in [1.54, 1.807) is 4.57 Å². The molecule has 35 heavy (non-hydrogen) atoms. The fraction of sp³-hybridized carbons (Fsp3) is 0.462. The molecule has 1 aromatic carbocycles. The van der Waals surface area contributed by atoms with Gasteiger partial charge < -0.3 is 9.80 Å². The average molecular weight is 493 g/mol. The lowest BCUT2D eigenvalue weighted by Crippen LogP contribution is -2.49. The van der Waals surface area contributed by atoms with Gasteiger partial charge in [0.15, 0.2) is 0 Å². The maximum Gasteiger partial charge on any atom is 0.272 e. The summed E-state index contributed by atoms with van der Waals surface area (Å²) in [6.45, 7) is 12.1. The van der Waals surface area contributed by atoms with Crippen LogP contribution in [0, 0.1) is 19.8 Å². The first-order valence-electron chi connectivity index (χ1n) is 12.3. The van der Waals surface area contributed by atoms with Gasteiger partial charge in [0, 0.05) is 51.3 Å². The van der Waals surface area contributed by atoms with E-state index in [1.807, 2.05) is 20.7 Å². The van der Waals surface area contributed by atoms with E-state index in [0.717, 1.165) is 37.5 Å². The Morgan fingerprint density at radius 2 is 1.86 bits per heavy atom. The van der Waals surface area contributed by atoms with E-state index in [9.17, 15) is 9.59 Å². The topological polar surface area (TPSA) is 75.7 Å². The highest BCUT2D eigenvalue weighted by atomic mass is 32.1. The molecular formula is C26H32N6O2S. The molecule has 0 spiro atoms. The van der Waals surface area contributed by atoms with Gasteiger partial charge in [0.05, 0.1) is 5.52 Å². The number of amides is 1. The van der Waals surface area contributed by atoms with Crippen molar-refractivity contribution in [3.63, 3.8) is 0 Å². The molecule has 5 rings (SSSR count). The fourth-order valence-electron chi connectivity index (χ4n) is 5.01. The van der Waals surface area contributed by atoms with E-state index in [-0.39, 0.29) is 11.5 Å². The summed E-state index contributed by atoms with van der Waals surface area (Å²) >= 11 is 1.44. The van der Waals surface area contributed by atoms with Crippen LogP contribution in [0.4, 0.5) is 5.69 Å². The smallest absolute Gasteiger partial charge is 0.272 e. The van der Waals surface area contributed by atoms with Gasteiger partial charge >= 0.3 is 0 Å². The standard InChI is InChI=1S/C26H32N6O2S/c1-17(2)16-31-25(34)24-21(9-14-35-24)32-22(27-28-26(31)32)7-8-23(33)30-12-10-29(11-13-30)20-6-5-18(3)15-19(20)4/h5-6,9,14-15,17H,7-8,10-13,16H2,1-4H3. The van der Waals surface area contributed by atoms with Crippen LogP contribution in [0.3, 0.4) is 0 Å². The molecule has 3 aromatic heterocycles. The zero-order chi connectivity index (χ0) is 24.7. The quantitative estimate of drug-likeness (QED) is 0.411. The van der Waals surface area contributed by atoms with E-state index in [4.69, 9.17) is 0 Å².